The first-order chi connectivity index (χ1) is 6.52. The Bertz CT molecular complexity index is 266. The molecule has 0 heterocycles. The van der Waals surface area contributed by atoms with Crippen molar-refractivity contribution >= 4 is 0 Å². The molecule has 0 N–H and O–H groups in total. The van der Waals surface area contributed by atoms with Gasteiger partial charge in [-0.25, -0.2) is 0 Å². The summed E-state index contributed by atoms with van der Waals surface area (Å²) in [5.41, 5.74) is 1.65. The third-order valence-corrected chi connectivity index (χ3v) is 3.40. The molecule has 0 aliphatic heterocycles. The Morgan fingerprint density at radius 1 is 1.36 bits per heavy atom. The summed E-state index contributed by atoms with van der Waals surface area (Å²) in [5.74, 6) is 1.27. The number of hydrogen-bond acceptors (Lipinski definition) is 0. The van der Waals surface area contributed by atoms with E-state index in [0.717, 1.165) is 6.42 Å². The van der Waals surface area contributed by atoms with Crippen LogP contribution in [0, 0.1) is 17.3 Å². The van der Waals surface area contributed by atoms with Gasteiger partial charge in [0.05, 0.1) is 0 Å². The van der Waals surface area contributed by atoms with Crippen LogP contribution in [0.3, 0.4) is 0 Å². The van der Waals surface area contributed by atoms with E-state index in [4.69, 9.17) is 0 Å². The lowest BCUT2D eigenvalue weighted by Gasteiger charge is -2.33. The van der Waals surface area contributed by atoms with E-state index in [1.807, 2.05) is 0 Å². The van der Waals surface area contributed by atoms with E-state index in [-0.39, 0.29) is 5.41 Å². The highest BCUT2D eigenvalue weighted by Crippen LogP contribution is 2.39. The molecule has 1 atom stereocenters. The lowest BCUT2D eigenvalue weighted by molar-refractivity contribution is 0.346. The van der Waals surface area contributed by atoms with Crippen molar-refractivity contribution in [3.05, 3.63) is 36.5 Å². The number of rotatable bonds is 3. The van der Waals surface area contributed by atoms with Gasteiger partial charge in [0.25, 0.3) is 0 Å². The molecule has 0 aromatic carbocycles. The van der Waals surface area contributed by atoms with E-state index in [2.05, 4.69) is 58.6 Å². The lowest BCUT2D eigenvalue weighted by Crippen LogP contribution is -2.23. The van der Waals surface area contributed by atoms with E-state index in [0.29, 0.717) is 11.8 Å². The maximum absolute atomic E-state index is 3.97. The highest BCUT2D eigenvalue weighted by molar-refractivity contribution is 5.31. The van der Waals surface area contributed by atoms with Crippen LogP contribution in [0.25, 0.3) is 0 Å². The first-order valence-electron chi connectivity index (χ1n) is 5.54. The molecule has 1 aliphatic rings. The van der Waals surface area contributed by atoms with Gasteiger partial charge < -0.3 is 0 Å². The van der Waals surface area contributed by atoms with Crippen molar-refractivity contribution < 1.29 is 0 Å². The summed E-state index contributed by atoms with van der Waals surface area (Å²) < 4.78 is 0. The van der Waals surface area contributed by atoms with Crippen molar-refractivity contribution in [1.82, 2.24) is 0 Å². The molecule has 0 bridgehead atoms. The maximum Gasteiger partial charge on any atom is 0.0119 e. The van der Waals surface area contributed by atoms with E-state index in [1.54, 1.807) is 0 Å². The molecule has 0 aromatic rings. The van der Waals surface area contributed by atoms with Crippen LogP contribution in [0.1, 0.15) is 34.1 Å². The van der Waals surface area contributed by atoms with Gasteiger partial charge in [-0.05, 0) is 23.8 Å². The average Bonchev–Trinajstić information content (AvgIpc) is 2.17. The van der Waals surface area contributed by atoms with Crippen molar-refractivity contribution in [2.45, 2.75) is 34.1 Å². The van der Waals surface area contributed by atoms with Crippen molar-refractivity contribution in [1.29, 1.82) is 0 Å². The normalized spacial score (nSPS) is 26.9. The first-order valence-corrected chi connectivity index (χ1v) is 5.54. The lowest BCUT2D eigenvalue weighted by atomic mass is 9.71. The summed E-state index contributed by atoms with van der Waals surface area (Å²) >= 11 is 0. The van der Waals surface area contributed by atoms with Crippen LogP contribution in [-0.4, -0.2) is 0 Å². The van der Waals surface area contributed by atoms with Gasteiger partial charge in [-0.3, -0.25) is 0 Å². The largest absolute Gasteiger partial charge is 0.102 e. The Hall–Kier alpha value is -0.780. The van der Waals surface area contributed by atoms with Gasteiger partial charge in [-0.1, -0.05) is 52.0 Å². The summed E-state index contributed by atoms with van der Waals surface area (Å²) in [6.45, 7) is 13.0. The van der Waals surface area contributed by atoms with Gasteiger partial charge in [-0.15, -0.1) is 6.58 Å². The summed E-state index contributed by atoms with van der Waals surface area (Å²) in [4.78, 5) is 0. The van der Waals surface area contributed by atoms with Crippen LogP contribution in [0.2, 0.25) is 0 Å². The predicted molar refractivity (Wildman–Crippen MR) is 64.1 cm³/mol. The molecule has 0 amide bonds. The van der Waals surface area contributed by atoms with Crippen molar-refractivity contribution in [3.63, 3.8) is 0 Å². The Morgan fingerprint density at radius 2 is 2.00 bits per heavy atom. The Labute approximate surface area is 88.4 Å². The van der Waals surface area contributed by atoms with E-state index < -0.39 is 0 Å². The summed E-state index contributed by atoms with van der Waals surface area (Å²) in [6.07, 6.45) is 10.2. The average molecular weight is 190 g/mol. The van der Waals surface area contributed by atoms with Crippen molar-refractivity contribution in [2.75, 3.05) is 0 Å². The van der Waals surface area contributed by atoms with Crippen LogP contribution in [0.5, 0.6) is 0 Å². The van der Waals surface area contributed by atoms with Gasteiger partial charge in [0.1, 0.15) is 0 Å². The third-order valence-electron chi connectivity index (χ3n) is 3.40. The van der Waals surface area contributed by atoms with Crippen LogP contribution in [0.4, 0.5) is 0 Å². The first kappa shape index (κ1) is 11.3. The topological polar surface area (TPSA) is 0 Å². The standard InChI is InChI=1S/C14H22/c1-6-14(12(4)5)9-7-13(8-10-14)11(2)3/h6-9,11-12H,1,10H2,2-5H3. The molecule has 0 heteroatoms. The molecular formula is C14H22. The minimum absolute atomic E-state index is 0.193. The zero-order valence-electron chi connectivity index (χ0n) is 9.88. The van der Waals surface area contributed by atoms with E-state index in [9.17, 15) is 0 Å². The molecular weight excluding hydrogens is 168 g/mol. The smallest absolute Gasteiger partial charge is 0.0119 e. The minimum Gasteiger partial charge on any atom is -0.102 e. The Morgan fingerprint density at radius 3 is 2.29 bits per heavy atom. The molecule has 0 saturated heterocycles. The SMILES string of the molecule is C=CC1(C(C)C)C=CC(C(C)C)=CC1. The second-order valence-corrected chi connectivity index (χ2v) is 4.87. The molecule has 0 aromatic heterocycles. The molecule has 78 valence electrons. The van der Waals surface area contributed by atoms with Gasteiger partial charge in [0, 0.05) is 5.41 Å². The molecule has 1 rings (SSSR count). The fourth-order valence-corrected chi connectivity index (χ4v) is 1.93. The van der Waals surface area contributed by atoms with Crippen LogP contribution in [-0.2, 0) is 0 Å². The molecule has 1 unspecified atom stereocenters. The summed E-state index contributed by atoms with van der Waals surface area (Å²) in [6, 6.07) is 0. The summed E-state index contributed by atoms with van der Waals surface area (Å²) in [5, 5.41) is 0. The highest BCUT2D eigenvalue weighted by Gasteiger charge is 2.28. The van der Waals surface area contributed by atoms with Gasteiger partial charge in [0.2, 0.25) is 0 Å². The minimum atomic E-state index is 0.193. The van der Waals surface area contributed by atoms with Crippen molar-refractivity contribution in [2.24, 2.45) is 17.3 Å². The molecule has 1 aliphatic carbocycles. The number of allylic oxidation sites excluding steroid dienone is 5. The molecule has 14 heavy (non-hydrogen) atoms. The fourth-order valence-electron chi connectivity index (χ4n) is 1.93. The molecule has 0 saturated carbocycles. The molecule has 0 radical (unpaired) electrons. The zero-order valence-corrected chi connectivity index (χ0v) is 9.88. The van der Waals surface area contributed by atoms with E-state index >= 15 is 0 Å². The fraction of sp³-hybridized carbons (Fsp3) is 0.571. The highest BCUT2D eigenvalue weighted by atomic mass is 14.3. The Balaban J connectivity index is 2.85. The number of hydrogen-bond donors (Lipinski definition) is 0. The van der Waals surface area contributed by atoms with E-state index in [1.165, 1.54) is 5.57 Å². The zero-order chi connectivity index (χ0) is 10.8. The molecule has 0 spiro atoms. The summed E-state index contributed by atoms with van der Waals surface area (Å²) in [7, 11) is 0. The van der Waals surface area contributed by atoms with Gasteiger partial charge >= 0.3 is 0 Å². The van der Waals surface area contributed by atoms with Gasteiger partial charge in [-0.2, -0.15) is 0 Å². The quantitative estimate of drug-likeness (QED) is 0.580. The van der Waals surface area contributed by atoms with Crippen LogP contribution >= 0.6 is 0 Å². The van der Waals surface area contributed by atoms with Crippen LogP contribution in [0.15, 0.2) is 36.5 Å². The molecule has 0 nitrogen and oxygen atoms in total. The third kappa shape index (κ3) is 2.00. The van der Waals surface area contributed by atoms with Crippen molar-refractivity contribution in [3.8, 4) is 0 Å². The Kier molecular flexibility index (Phi) is 3.36. The van der Waals surface area contributed by atoms with Crippen LogP contribution < -0.4 is 0 Å². The maximum atomic E-state index is 3.97. The second kappa shape index (κ2) is 4.16. The predicted octanol–water partition coefficient (Wildman–Crippen LogP) is 4.36. The molecule has 0 fully saturated rings. The second-order valence-electron chi connectivity index (χ2n) is 4.87. The monoisotopic (exact) mass is 190 g/mol. The van der Waals surface area contributed by atoms with Gasteiger partial charge in [0.15, 0.2) is 0 Å².